The molecule has 16 heavy (non-hydrogen) atoms. The maximum absolute atomic E-state index is 6.09. The summed E-state index contributed by atoms with van der Waals surface area (Å²) in [6.07, 6.45) is 2.07. The summed E-state index contributed by atoms with van der Waals surface area (Å²) in [5, 5.41) is 4.61. The van der Waals surface area contributed by atoms with E-state index < -0.39 is 0 Å². The zero-order chi connectivity index (χ0) is 11.5. The third kappa shape index (κ3) is 2.70. The molecule has 0 saturated heterocycles. The van der Waals surface area contributed by atoms with Crippen LogP contribution in [0.4, 0.5) is 5.69 Å². The molecule has 1 aromatic carbocycles. The van der Waals surface area contributed by atoms with Crippen molar-refractivity contribution in [1.82, 2.24) is 0 Å². The molecule has 2 rings (SSSR count). The van der Waals surface area contributed by atoms with Crippen LogP contribution in [-0.2, 0) is 4.74 Å². The number of benzene rings is 1. The Hall–Kier alpha value is -0.700. The van der Waals surface area contributed by atoms with E-state index in [0.717, 1.165) is 5.69 Å². The molecule has 0 amide bonds. The lowest BCUT2D eigenvalue weighted by molar-refractivity contribution is 0.147. The van der Waals surface area contributed by atoms with Crippen molar-refractivity contribution in [2.24, 2.45) is 0 Å². The van der Waals surface area contributed by atoms with Gasteiger partial charge in [-0.05, 0) is 25.1 Å². The predicted molar refractivity (Wildman–Crippen MR) is 68.4 cm³/mol. The van der Waals surface area contributed by atoms with Gasteiger partial charge in [-0.15, -0.1) is 0 Å². The normalized spacial score (nSPS) is 20.4. The van der Waals surface area contributed by atoms with Crippen molar-refractivity contribution in [2.45, 2.75) is 13.0 Å². The molecule has 1 aliphatic rings. The Morgan fingerprint density at radius 3 is 2.88 bits per heavy atom. The Labute approximate surface area is 105 Å². The Morgan fingerprint density at radius 2 is 2.19 bits per heavy atom. The average molecular weight is 258 g/mol. The molecule has 86 valence electrons. The minimum Gasteiger partial charge on any atom is -0.375 e. The maximum Gasteiger partial charge on any atom is 0.0710 e. The van der Waals surface area contributed by atoms with Gasteiger partial charge in [-0.25, -0.2) is 0 Å². The van der Waals surface area contributed by atoms with Gasteiger partial charge in [-0.2, -0.15) is 0 Å². The van der Waals surface area contributed by atoms with Crippen molar-refractivity contribution >= 4 is 28.9 Å². The van der Waals surface area contributed by atoms with Gasteiger partial charge in [-0.3, -0.25) is 0 Å². The molecule has 1 heterocycles. The minimum atomic E-state index is 0.187. The zero-order valence-electron chi connectivity index (χ0n) is 8.97. The third-order valence-electron chi connectivity index (χ3n) is 2.62. The largest absolute Gasteiger partial charge is 0.375 e. The topological polar surface area (TPSA) is 21.3 Å². The molecule has 1 atom stereocenters. The van der Waals surface area contributed by atoms with Crippen molar-refractivity contribution in [3.05, 3.63) is 39.9 Å². The number of nitrogens with one attached hydrogen (secondary N) is 1. The van der Waals surface area contributed by atoms with E-state index in [9.17, 15) is 0 Å². The van der Waals surface area contributed by atoms with Gasteiger partial charge in [0, 0.05) is 5.02 Å². The standard InChI is InChI=1S/C12H13Cl2NO/c1-8-4-5-16-7-12(8)15-11-3-2-9(13)6-10(11)14/h2-4,6,12,15H,5,7H2,1H3/t12-/m1/s1. The number of hydrogen-bond donors (Lipinski definition) is 1. The van der Waals surface area contributed by atoms with Crippen LogP contribution in [0.15, 0.2) is 29.8 Å². The summed E-state index contributed by atoms with van der Waals surface area (Å²) in [7, 11) is 0. The fourth-order valence-electron chi connectivity index (χ4n) is 1.60. The molecule has 1 aliphatic heterocycles. The fraction of sp³-hybridized carbons (Fsp3) is 0.333. The molecular formula is C12H13Cl2NO. The first-order valence-electron chi connectivity index (χ1n) is 5.13. The van der Waals surface area contributed by atoms with Gasteiger partial charge in [-0.1, -0.05) is 34.9 Å². The first-order chi connectivity index (χ1) is 7.66. The van der Waals surface area contributed by atoms with E-state index in [1.165, 1.54) is 5.57 Å². The summed E-state index contributed by atoms with van der Waals surface area (Å²) >= 11 is 11.9. The maximum atomic E-state index is 6.09. The molecule has 0 unspecified atom stereocenters. The van der Waals surface area contributed by atoms with Crippen LogP contribution in [0.5, 0.6) is 0 Å². The molecule has 0 fully saturated rings. The number of anilines is 1. The average Bonchev–Trinajstić information content (AvgIpc) is 2.25. The molecule has 0 bridgehead atoms. The fourth-order valence-corrected chi connectivity index (χ4v) is 2.06. The highest BCUT2D eigenvalue weighted by atomic mass is 35.5. The van der Waals surface area contributed by atoms with Crippen molar-refractivity contribution in [1.29, 1.82) is 0 Å². The van der Waals surface area contributed by atoms with E-state index in [1.54, 1.807) is 6.07 Å². The van der Waals surface area contributed by atoms with Crippen LogP contribution in [0.2, 0.25) is 10.0 Å². The van der Waals surface area contributed by atoms with Gasteiger partial charge >= 0.3 is 0 Å². The molecule has 1 N–H and O–H groups in total. The molecule has 0 aromatic heterocycles. The van der Waals surface area contributed by atoms with Gasteiger partial charge in [0.15, 0.2) is 0 Å². The van der Waals surface area contributed by atoms with E-state index >= 15 is 0 Å². The van der Waals surface area contributed by atoms with Crippen LogP contribution in [0.25, 0.3) is 0 Å². The number of ether oxygens (including phenoxy) is 1. The number of rotatable bonds is 2. The summed E-state index contributed by atoms with van der Waals surface area (Å²) in [6.45, 7) is 3.45. The highest BCUT2D eigenvalue weighted by Crippen LogP contribution is 2.27. The molecule has 4 heteroatoms. The Balaban J connectivity index is 2.14. The van der Waals surface area contributed by atoms with E-state index in [0.29, 0.717) is 23.3 Å². The summed E-state index contributed by atoms with van der Waals surface area (Å²) < 4.78 is 5.38. The second-order valence-corrected chi connectivity index (χ2v) is 4.65. The lowest BCUT2D eigenvalue weighted by Gasteiger charge is -2.24. The summed E-state index contributed by atoms with van der Waals surface area (Å²) in [6, 6.07) is 5.62. The van der Waals surface area contributed by atoms with Gasteiger partial charge in [0.25, 0.3) is 0 Å². The smallest absolute Gasteiger partial charge is 0.0710 e. The first-order valence-corrected chi connectivity index (χ1v) is 5.88. The third-order valence-corrected chi connectivity index (χ3v) is 3.17. The van der Waals surface area contributed by atoms with Gasteiger partial charge in [0.05, 0.1) is 30.0 Å². The van der Waals surface area contributed by atoms with Crippen LogP contribution in [-0.4, -0.2) is 19.3 Å². The molecule has 0 saturated carbocycles. The van der Waals surface area contributed by atoms with Crippen molar-refractivity contribution < 1.29 is 4.74 Å². The van der Waals surface area contributed by atoms with Crippen LogP contribution >= 0.6 is 23.2 Å². The zero-order valence-corrected chi connectivity index (χ0v) is 10.5. The molecule has 1 aromatic rings. The Bertz CT molecular complexity index is 417. The summed E-state index contributed by atoms with van der Waals surface area (Å²) in [5.74, 6) is 0. The van der Waals surface area contributed by atoms with E-state index in [2.05, 4.69) is 18.3 Å². The van der Waals surface area contributed by atoms with Crippen LogP contribution in [0, 0.1) is 0 Å². The number of halogens is 2. The van der Waals surface area contributed by atoms with E-state index in [4.69, 9.17) is 27.9 Å². The highest BCUT2D eigenvalue weighted by Gasteiger charge is 2.15. The Kier molecular flexibility index (Phi) is 3.74. The van der Waals surface area contributed by atoms with Crippen molar-refractivity contribution in [3.8, 4) is 0 Å². The summed E-state index contributed by atoms with van der Waals surface area (Å²) in [4.78, 5) is 0. The molecule has 0 aliphatic carbocycles. The lowest BCUT2D eigenvalue weighted by atomic mass is 10.1. The molecule has 0 spiro atoms. The SMILES string of the molecule is CC1=CCOC[C@H]1Nc1ccc(Cl)cc1Cl. The minimum absolute atomic E-state index is 0.187. The monoisotopic (exact) mass is 257 g/mol. The second kappa shape index (κ2) is 5.09. The highest BCUT2D eigenvalue weighted by molar-refractivity contribution is 6.36. The molecule has 0 radical (unpaired) electrons. The Morgan fingerprint density at radius 1 is 1.38 bits per heavy atom. The van der Waals surface area contributed by atoms with Crippen LogP contribution in [0.3, 0.4) is 0 Å². The lowest BCUT2D eigenvalue weighted by Crippen LogP contribution is -2.30. The predicted octanol–water partition coefficient (Wildman–Crippen LogP) is 3.75. The molecule has 2 nitrogen and oxygen atoms in total. The van der Waals surface area contributed by atoms with E-state index in [1.807, 2.05) is 12.1 Å². The van der Waals surface area contributed by atoms with Crippen molar-refractivity contribution in [2.75, 3.05) is 18.5 Å². The van der Waals surface area contributed by atoms with Gasteiger partial charge in [0.1, 0.15) is 0 Å². The van der Waals surface area contributed by atoms with Gasteiger partial charge in [0.2, 0.25) is 0 Å². The van der Waals surface area contributed by atoms with Crippen LogP contribution < -0.4 is 5.32 Å². The molecular weight excluding hydrogens is 245 g/mol. The van der Waals surface area contributed by atoms with Crippen LogP contribution in [0.1, 0.15) is 6.92 Å². The second-order valence-electron chi connectivity index (χ2n) is 3.81. The van der Waals surface area contributed by atoms with Crippen molar-refractivity contribution in [3.63, 3.8) is 0 Å². The van der Waals surface area contributed by atoms with E-state index in [-0.39, 0.29) is 6.04 Å². The summed E-state index contributed by atoms with van der Waals surface area (Å²) in [5.41, 5.74) is 2.16. The first kappa shape index (κ1) is 11.8. The quantitative estimate of drug-likeness (QED) is 0.815. The van der Waals surface area contributed by atoms with Gasteiger partial charge < -0.3 is 10.1 Å². The number of hydrogen-bond acceptors (Lipinski definition) is 2.